The smallest absolute Gasteiger partial charge is 0.251 e. The lowest BCUT2D eigenvalue weighted by Gasteiger charge is -2.08. The molecule has 0 aromatic heterocycles. The Morgan fingerprint density at radius 1 is 1.08 bits per heavy atom. The number of amides is 1. The monoisotopic (exact) mass is 377 g/mol. The van der Waals surface area contributed by atoms with Crippen molar-refractivity contribution in [3.63, 3.8) is 0 Å². The molecular formula is C17H16ClN3O3S. The van der Waals surface area contributed by atoms with Gasteiger partial charge in [0.05, 0.1) is 11.0 Å². The Balaban J connectivity index is 1.97. The van der Waals surface area contributed by atoms with Crippen molar-refractivity contribution in [1.82, 2.24) is 10.0 Å². The fraction of sp³-hybridized carbons (Fsp3) is 0.176. The molecule has 2 aromatic rings. The number of nitriles is 1. The number of carbonyl (C=O) groups is 1. The average Bonchev–Trinajstić information content (AvgIpc) is 2.61. The van der Waals surface area contributed by atoms with Gasteiger partial charge in [-0.2, -0.15) is 5.26 Å². The zero-order valence-electron chi connectivity index (χ0n) is 13.2. The molecule has 0 aliphatic carbocycles. The van der Waals surface area contributed by atoms with Crippen LogP contribution in [0.3, 0.4) is 0 Å². The molecule has 0 heterocycles. The summed E-state index contributed by atoms with van der Waals surface area (Å²) in [5.41, 5.74) is 1.25. The molecule has 0 spiro atoms. The van der Waals surface area contributed by atoms with E-state index in [9.17, 15) is 13.2 Å². The number of sulfonamides is 1. The molecule has 0 radical (unpaired) electrons. The number of carbonyl (C=O) groups excluding carboxylic acids is 1. The zero-order chi connectivity index (χ0) is 18.3. The van der Waals surface area contributed by atoms with Crippen molar-refractivity contribution in [2.24, 2.45) is 0 Å². The molecule has 8 heteroatoms. The van der Waals surface area contributed by atoms with Crippen molar-refractivity contribution in [2.75, 3.05) is 6.54 Å². The van der Waals surface area contributed by atoms with Gasteiger partial charge in [0.25, 0.3) is 5.91 Å². The second kappa shape index (κ2) is 8.62. The van der Waals surface area contributed by atoms with Gasteiger partial charge in [-0.15, -0.1) is 0 Å². The highest BCUT2D eigenvalue weighted by Crippen LogP contribution is 2.12. The zero-order valence-corrected chi connectivity index (χ0v) is 14.8. The van der Waals surface area contributed by atoms with Crippen LogP contribution in [-0.4, -0.2) is 20.9 Å². The quantitative estimate of drug-likeness (QED) is 0.724. The van der Waals surface area contributed by atoms with Crippen LogP contribution in [0.25, 0.3) is 0 Å². The minimum atomic E-state index is -3.68. The van der Waals surface area contributed by atoms with Crippen molar-refractivity contribution in [3.05, 3.63) is 64.7 Å². The third-order valence-electron chi connectivity index (χ3n) is 3.32. The van der Waals surface area contributed by atoms with Crippen LogP contribution in [0.1, 0.15) is 22.3 Å². The molecule has 0 saturated carbocycles. The summed E-state index contributed by atoms with van der Waals surface area (Å²) in [6, 6.07) is 14.5. The molecule has 0 fully saturated rings. The van der Waals surface area contributed by atoms with Gasteiger partial charge >= 0.3 is 0 Å². The topological polar surface area (TPSA) is 99.1 Å². The van der Waals surface area contributed by atoms with Crippen molar-refractivity contribution in [2.45, 2.75) is 17.9 Å². The first-order chi connectivity index (χ1) is 11.9. The molecule has 2 aromatic carbocycles. The summed E-state index contributed by atoms with van der Waals surface area (Å²) in [5, 5.41) is 11.8. The van der Waals surface area contributed by atoms with E-state index in [1.807, 2.05) is 18.2 Å². The highest BCUT2D eigenvalue weighted by molar-refractivity contribution is 7.89. The Bertz CT molecular complexity index is 873. The number of nitrogens with one attached hydrogen (secondary N) is 2. The van der Waals surface area contributed by atoms with Gasteiger partial charge in [-0.3, -0.25) is 4.79 Å². The van der Waals surface area contributed by atoms with Crippen LogP contribution in [-0.2, 0) is 16.6 Å². The van der Waals surface area contributed by atoms with Crippen molar-refractivity contribution < 1.29 is 13.2 Å². The van der Waals surface area contributed by atoms with E-state index in [0.717, 1.165) is 5.56 Å². The van der Waals surface area contributed by atoms with Gasteiger partial charge in [-0.1, -0.05) is 23.7 Å². The maximum absolute atomic E-state index is 12.1. The molecule has 25 heavy (non-hydrogen) atoms. The number of benzene rings is 2. The van der Waals surface area contributed by atoms with Crippen LogP contribution in [0.15, 0.2) is 53.4 Å². The first kappa shape index (κ1) is 18.9. The lowest BCUT2D eigenvalue weighted by atomic mass is 10.2. The molecule has 0 aliphatic rings. The largest absolute Gasteiger partial charge is 0.348 e. The average molecular weight is 378 g/mol. The molecule has 130 valence electrons. The number of hydrogen-bond acceptors (Lipinski definition) is 4. The summed E-state index contributed by atoms with van der Waals surface area (Å²) in [6.07, 6.45) is 0.0877. The Morgan fingerprint density at radius 2 is 1.72 bits per heavy atom. The predicted octanol–water partition coefficient (Wildman–Crippen LogP) is 2.46. The van der Waals surface area contributed by atoms with E-state index in [-0.39, 0.29) is 23.8 Å². The summed E-state index contributed by atoms with van der Waals surface area (Å²) in [5.74, 6) is -0.309. The van der Waals surface area contributed by atoms with E-state index < -0.39 is 10.0 Å². The lowest BCUT2D eigenvalue weighted by molar-refractivity contribution is 0.0951. The van der Waals surface area contributed by atoms with E-state index >= 15 is 0 Å². The Hall–Kier alpha value is -2.40. The van der Waals surface area contributed by atoms with Gasteiger partial charge in [0, 0.05) is 30.1 Å². The van der Waals surface area contributed by atoms with Gasteiger partial charge in [0.2, 0.25) is 10.0 Å². The first-order valence-electron chi connectivity index (χ1n) is 7.42. The van der Waals surface area contributed by atoms with Crippen LogP contribution < -0.4 is 10.0 Å². The minimum Gasteiger partial charge on any atom is -0.348 e. The second-order valence-corrected chi connectivity index (χ2v) is 7.34. The fourth-order valence-corrected chi connectivity index (χ4v) is 3.15. The van der Waals surface area contributed by atoms with Crippen LogP contribution in [0.5, 0.6) is 0 Å². The van der Waals surface area contributed by atoms with Crippen molar-refractivity contribution in [3.8, 4) is 6.07 Å². The van der Waals surface area contributed by atoms with Crippen LogP contribution in [0.2, 0.25) is 5.02 Å². The third kappa shape index (κ3) is 5.57. The number of rotatable bonds is 7. The van der Waals surface area contributed by atoms with Crippen molar-refractivity contribution >= 4 is 27.5 Å². The highest BCUT2D eigenvalue weighted by Gasteiger charge is 2.14. The number of halogens is 1. The normalized spacial score (nSPS) is 10.9. The summed E-state index contributed by atoms with van der Waals surface area (Å²) >= 11 is 5.80. The summed E-state index contributed by atoms with van der Waals surface area (Å²) < 4.78 is 26.3. The Labute approximate surface area is 151 Å². The summed E-state index contributed by atoms with van der Waals surface area (Å²) in [4.78, 5) is 12.2. The molecule has 6 nitrogen and oxygen atoms in total. The molecule has 0 saturated heterocycles. The van der Waals surface area contributed by atoms with Gasteiger partial charge in [0.1, 0.15) is 0 Å². The van der Waals surface area contributed by atoms with Crippen LogP contribution >= 0.6 is 11.6 Å². The minimum absolute atomic E-state index is 0.0414. The van der Waals surface area contributed by atoms with E-state index in [1.54, 1.807) is 12.1 Å². The molecule has 0 aliphatic heterocycles. The Kier molecular flexibility index (Phi) is 6.53. The van der Waals surface area contributed by atoms with Crippen LogP contribution in [0.4, 0.5) is 0 Å². The highest BCUT2D eigenvalue weighted by atomic mass is 35.5. The summed E-state index contributed by atoms with van der Waals surface area (Å²) in [6.45, 7) is 0.383. The van der Waals surface area contributed by atoms with Gasteiger partial charge in [-0.05, 0) is 42.0 Å². The molecule has 0 bridgehead atoms. The van der Waals surface area contributed by atoms with E-state index in [4.69, 9.17) is 16.9 Å². The lowest BCUT2D eigenvalue weighted by Crippen LogP contribution is -2.25. The van der Waals surface area contributed by atoms with E-state index in [2.05, 4.69) is 10.0 Å². The number of nitrogens with zero attached hydrogens (tertiary/aromatic N) is 1. The predicted molar refractivity (Wildman–Crippen MR) is 94.5 cm³/mol. The molecule has 0 atom stereocenters. The van der Waals surface area contributed by atoms with Crippen molar-refractivity contribution in [1.29, 1.82) is 5.26 Å². The summed E-state index contributed by atoms with van der Waals surface area (Å²) in [7, 11) is -3.68. The molecule has 2 N–H and O–H groups in total. The third-order valence-corrected chi connectivity index (χ3v) is 5.05. The molecular weight excluding hydrogens is 362 g/mol. The maximum Gasteiger partial charge on any atom is 0.251 e. The van der Waals surface area contributed by atoms with Gasteiger partial charge < -0.3 is 5.32 Å². The molecule has 2 rings (SSSR count). The van der Waals surface area contributed by atoms with Gasteiger partial charge in [-0.25, -0.2) is 13.1 Å². The Morgan fingerprint density at radius 3 is 2.32 bits per heavy atom. The molecule has 0 unspecified atom stereocenters. The number of hydrogen-bond donors (Lipinski definition) is 2. The fourth-order valence-electron chi connectivity index (χ4n) is 2.00. The first-order valence-corrected chi connectivity index (χ1v) is 9.28. The molecule has 1 amide bonds. The van der Waals surface area contributed by atoms with Gasteiger partial charge in [0.15, 0.2) is 0 Å². The maximum atomic E-state index is 12.1. The standard InChI is InChI=1S/C17H16ClN3O3S/c18-15-6-2-13(3-7-15)12-20-17(22)14-4-8-16(9-5-14)25(23,24)21-11-1-10-19/h2-9,21H,1,11-12H2,(H,20,22). The van der Waals surface area contributed by atoms with E-state index in [0.29, 0.717) is 17.1 Å². The SMILES string of the molecule is N#CCCNS(=O)(=O)c1ccc(C(=O)NCc2ccc(Cl)cc2)cc1. The van der Waals surface area contributed by atoms with E-state index in [1.165, 1.54) is 24.3 Å². The van der Waals surface area contributed by atoms with Crippen LogP contribution in [0, 0.1) is 11.3 Å². The second-order valence-electron chi connectivity index (χ2n) is 5.14.